The molecule has 0 unspecified atom stereocenters. The summed E-state index contributed by atoms with van der Waals surface area (Å²) in [6, 6.07) is 11.8. The summed E-state index contributed by atoms with van der Waals surface area (Å²) < 4.78 is 16.1. The molecule has 158 valence electrons. The van der Waals surface area contributed by atoms with Gasteiger partial charge in [0.2, 0.25) is 5.91 Å². The number of aromatic nitrogens is 4. The lowest BCUT2D eigenvalue weighted by Crippen LogP contribution is -2.28. The van der Waals surface area contributed by atoms with E-state index in [9.17, 15) is 14.0 Å². The number of fused-ring (bicyclic) bond motifs is 1. The molecule has 0 fully saturated rings. The van der Waals surface area contributed by atoms with E-state index < -0.39 is 17.4 Å². The molecule has 0 saturated carbocycles. The van der Waals surface area contributed by atoms with Crippen LogP contribution in [0.2, 0.25) is 5.02 Å². The first-order valence-electron chi connectivity index (χ1n) is 9.28. The van der Waals surface area contributed by atoms with Crippen molar-refractivity contribution < 1.29 is 9.18 Å². The first-order chi connectivity index (χ1) is 14.9. The number of halogens is 2. The number of hydrogen-bond donors (Lipinski definition) is 1. The van der Waals surface area contributed by atoms with Crippen LogP contribution in [0.4, 0.5) is 10.1 Å². The summed E-state index contributed by atoms with van der Waals surface area (Å²) in [5.41, 5.74) is 1.73. The molecule has 0 bridgehead atoms. The topological polar surface area (TPSA) is 81.3 Å². The van der Waals surface area contributed by atoms with Gasteiger partial charge in [0, 0.05) is 28.9 Å². The maximum atomic E-state index is 13.7. The van der Waals surface area contributed by atoms with Crippen molar-refractivity contribution in [2.45, 2.75) is 24.2 Å². The van der Waals surface area contributed by atoms with Gasteiger partial charge >= 0.3 is 5.69 Å². The Morgan fingerprint density at radius 1 is 1.23 bits per heavy atom. The largest absolute Gasteiger partial charge is 0.350 e. The minimum atomic E-state index is -0.489. The fourth-order valence-corrected chi connectivity index (χ4v) is 3.90. The summed E-state index contributed by atoms with van der Waals surface area (Å²) in [7, 11) is 0. The molecule has 2 heterocycles. The smallest absolute Gasteiger partial charge is 0.324 e. The first kappa shape index (κ1) is 21.1. The van der Waals surface area contributed by atoms with E-state index >= 15 is 0 Å². The normalized spacial score (nSPS) is 11.1. The highest BCUT2D eigenvalue weighted by Crippen LogP contribution is 2.24. The van der Waals surface area contributed by atoms with E-state index in [4.69, 9.17) is 11.6 Å². The maximum absolute atomic E-state index is 13.7. The number of benzene rings is 2. The molecule has 4 rings (SSSR count). The lowest BCUT2D eigenvalue weighted by atomic mass is 10.2. The summed E-state index contributed by atoms with van der Waals surface area (Å²) in [6.45, 7) is 1.32. The number of carbonyl (C=O) groups excluding carboxylic acids is 1. The van der Waals surface area contributed by atoms with Crippen LogP contribution in [0.5, 0.6) is 0 Å². The molecule has 10 heteroatoms. The van der Waals surface area contributed by atoms with E-state index in [0.717, 1.165) is 10.2 Å². The van der Waals surface area contributed by atoms with Gasteiger partial charge in [0.05, 0.1) is 0 Å². The van der Waals surface area contributed by atoms with Gasteiger partial charge in [0.25, 0.3) is 0 Å². The van der Waals surface area contributed by atoms with Crippen LogP contribution < -0.4 is 11.0 Å². The number of rotatable bonds is 6. The number of hydrogen-bond acceptors (Lipinski definition) is 5. The number of nitrogens with one attached hydrogen (secondary N) is 1. The van der Waals surface area contributed by atoms with Crippen LogP contribution in [-0.4, -0.2) is 25.1 Å². The standard InChI is InChI=1S/C21H17ClFN5O2S/c1-13-2-7-16(10-17(13)23)25-18(29)11-28-21(30)27-9-8-24-20(19(27)26-28)31-12-14-3-5-15(22)6-4-14/h2-10H,11-12H2,1H3,(H,25,29). The van der Waals surface area contributed by atoms with Gasteiger partial charge in [0.15, 0.2) is 5.65 Å². The zero-order valence-electron chi connectivity index (χ0n) is 16.4. The highest BCUT2D eigenvalue weighted by molar-refractivity contribution is 7.98. The van der Waals surface area contributed by atoms with Crippen molar-refractivity contribution in [3.05, 3.63) is 87.3 Å². The second-order valence-electron chi connectivity index (χ2n) is 6.79. The Bertz CT molecular complexity index is 1320. The molecule has 0 radical (unpaired) electrons. The van der Waals surface area contributed by atoms with Crippen molar-refractivity contribution in [3.8, 4) is 0 Å². The molecule has 1 N–H and O–H groups in total. The van der Waals surface area contributed by atoms with E-state index in [-0.39, 0.29) is 6.54 Å². The second-order valence-corrected chi connectivity index (χ2v) is 8.19. The summed E-state index contributed by atoms with van der Waals surface area (Å²) in [5.74, 6) is -0.294. The molecule has 2 aromatic heterocycles. The van der Waals surface area contributed by atoms with Gasteiger partial charge in [-0.1, -0.05) is 41.6 Å². The van der Waals surface area contributed by atoms with Gasteiger partial charge in [-0.05, 0) is 42.3 Å². The quantitative estimate of drug-likeness (QED) is 0.444. The second kappa shape index (κ2) is 8.91. The van der Waals surface area contributed by atoms with Crippen LogP contribution in [-0.2, 0) is 17.1 Å². The van der Waals surface area contributed by atoms with Crippen molar-refractivity contribution in [2.24, 2.45) is 0 Å². The summed E-state index contributed by atoms with van der Waals surface area (Å²) in [4.78, 5) is 29.3. The number of carbonyl (C=O) groups is 1. The third kappa shape index (κ3) is 4.78. The number of thioether (sulfide) groups is 1. The Balaban J connectivity index is 1.52. The predicted octanol–water partition coefficient (Wildman–Crippen LogP) is 3.92. The third-order valence-corrected chi connectivity index (χ3v) is 5.80. The number of aryl methyl sites for hydroxylation is 1. The van der Waals surface area contributed by atoms with Gasteiger partial charge < -0.3 is 5.32 Å². The summed E-state index contributed by atoms with van der Waals surface area (Å²) in [5, 5.41) is 8.08. The molecule has 7 nitrogen and oxygen atoms in total. The zero-order valence-corrected chi connectivity index (χ0v) is 18.0. The van der Waals surface area contributed by atoms with Crippen molar-refractivity contribution in [1.29, 1.82) is 0 Å². The van der Waals surface area contributed by atoms with E-state index in [1.807, 2.05) is 24.3 Å². The summed E-state index contributed by atoms with van der Waals surface area (Å²) >= 11 is 7.34. The van der Waals surface area contributed by atoms with Crippen LogP contribution in [0, 0.1) is 12.7 Å². The molecular weight excluding hydrogens is 441 g/mol. The van der Waals surface area contributed by atoms with Crippen LogP contribution in [0.15, 0.2) is 64.7 Å². The number of amides is 1. The molecule has 2 aromatic carbocycles. The lowest BCUT2D eigenvalue weighted by molar-refractivity contribution is -0.117. The van der Waals surface area contributed by atoms with Gasteiger partial charge in [-0.3, -0.25) is 4.79 Å². The van der Waals surface area contributed by atoms with Crippen LogP contribution >= 0.6 is 23.4 Å². The molecule has 1 amide bonds. The Morgan fingerprint density at radius 2 is 2.00 bits per heavy atom. The van der Waals surface area contributed by atoms with Crippen molar-refractivity contribution >= 4 is 40.6 Å². The molecule has 0 spiro atoms. The average molecular weight is 458 g/mol. The molecule has 31 heavy (non-hydrogen) atoms. The van der Waals surface area contributed by atoms with E-state index in [2.05, 4.69) is 15.4 Å². The van der Waals surface area contributed by atoms with Gasteiger partial charge in [-0.2, -0.15) is 0 Å². The number of nitrogens with zero attached hydrogens (tertiary/aromatic N) is 4. The molecule has 0 atom stereocenters. The van der Waals surface area contributed by atoms with Crippen LogP contribution in [0.3, 0.4) is 0 Å². The monoisotopic (exact) mass is 457 g/mol. The molecule has 0 aliphatic heterocycles. The van der Waals surface area contributed by atoms with E-state index in [1.54, 1.807) is 19.1 Å². The van der Waals surface area contributed by atoms with Gasteiger partial charge in [-0.15, -0.1) is 5.10 Å². The molecule has 0 aliphatic carbocycles. The minimum absolute atomic E-state index is 0.308. The SMILES string of the molecule is Cc1ccc(NC(=O)Cn2nc3c(SCc4ccc(Cl)cc4)nccn3c2=O)cc1F. The van der Waals surface area contributed by atoms with Crippen molar-refractivity contribution in [1.82, 2.24) is 19.2 Å². The van der Waals surface area contributed by atoms with Crippen LogP contribution in [0.25, 0.3) is 5.65 Å². The average Bonchev–Trinajstić information content (AvgIpc) is 3.06. The summed E-state index contributed by atoms with van der Waals surface area (Å²) in [6.07, 6.45) is 3.01. The highest BCUT2D eigenvalue weighted by Gasteiger charge is 2.15. The Kier molecular flexibility index (Phi) is 6.06. The lowest BCUT2D eigenvalue weighted by Gasteiger charge is -2.05. The Labute approximate surface area is 185 Å². The predicted molar refractivity (Wildman–Crippen MR) is 118 cm³/mol. The maximum Gasteiger partial charge on any atom is 0.350 e. The first-order valence-corrected chi connectivity index (χ1v) is 10.6. The zero-order chi connectivity index (χ0) is 22.0. The van der Waals surface area contributed by atoms with E-state index in [0.29, 0.717) is 32.7 Å². The van der Waals surface area contributed by atoms with Gasteiger partial charge in [0.1, 0.15) is 17.4 Å². The molecular formula is C21H17ClFN5O2S. The van der Waals surface area contributed by atoms with Gasteiger partial charge in [-0.25, -0.2) is 23.3 Å². The number of anilines is 1. The minimum Gasteiger partial charge on any atom is -0.324 e. The van der Waals surface area contributed by atoms with E-state index in [1.165, 1.54) is 34.6 Å². The van der Waals surface area contributed by atoms with Crippen molar-refractivity contribution in [3.63, 3.8) is 0 Å². The fraction of sp³-hybridized carbons (Fsp3) is 0.143. The third-order valence-electron chi connectivity index (χ3n) is 4.51. The Hall–Kier alpha value is -3.17. The molecule has 0 saturated heterocycles. The molecule has 4 aromatic rings. The highest BCUT2D eigenvalue weighted by atomic mass is 35.5. The fourth-order valence-electron chi connectivity index (χ4n) is 2.87. The molecule has 0 aliphatic rings. The van der Waals surface area contributed by atoms with Crippen LogP contribution in [0.1, 0.15) is 11.1 Å². The van der Waals surface area contributed by atoms with Crippen molar-refractivity contribution in [2.75, 3.05) is 5.32 Å². The Morgan fingerprint density at radius 3 is 2.74 bits per heavy atom.